The monoisotopic (exact) mass is 911 g/mol. The lowest BCUT2D eigenvalue weighted by molar-refractivity contribution is -0.117. The van der Waals surface area contributed by atoms with Crippen LogP contribution in [0.3, 0.4) is 0 Å². The molecule has 13 nitrogen and oxygen atoms in total. The standard InChI is InChI=1S/C55H53N5O8/c1-33-25-51(47-31-38(14-22-52(47)60(33)35(3)63)37-9-8-10-44(28-37)58-34(2)62)59-43-15-11-36(12-16-43)53(66)56-23-6-5-7-24-57-54(67)39-13-19-50(42(26-39)32-61)55(68-4)48-20-17-45(64)29-40(48)27-41-30-46(65)18-21-49(41)55/h9,11-22,26,28-33,51,59,64-65H,5-7,23-25,27H2,1-4H3,(H,56,66)(H,57,67)(H,58,62)/t33-,51+/m0/s1. The number of ether oxygens (including phenoxy) is 1. The number of unbranched alkanes of at least 4 members (excludes halogenated alkanes) is 2. The number of aromatic hydroxyl groups is 2. The van der Waals surface area contributed by atoms with E-state index in [-0.39, 0.29) is 52.8 Å². The summed E-state index contributed by atoms with van der Waals surface area (Å²) in [5, 5.41) is 32.9. The van der Waals surface area contributed by atoms with Gasteiger partial charge in [-0.15, -0.1) is 0 Å². The third-order valence-electron chi connectivity index (χ3n) is 12.8. The lowest BCUT2D eigenvalue weighted by Gasteiger charge is -2.41. The Kier molecular flexibility index (Phi) is 13.6. The maximum absolute atomic E-state index is 13.3. The van der Waals surface area contributed by atoms with Crippen LogP contribution in [0, 0.1) is 12.1 Å². The SMILES string of the molecule is COC1(c2ccc(C(=O)NCCCCCNC(=O)c3ccc(N[C@@H]4C[C@H](C)N(C(C)=O)c5ccc(-c6cc#cc(NC(C)=O)c6)cc54)cc3)cc2C=O)c2ccc(O)cc2Cc2cc(O)ccc21. The topological polar surface area (TPSA) is 186 Å². The molecule has 68 heavy (non-hydrogen) atoms. The summed E-state index contributed by atoms with van der Waals surface area (Å²) in [6, 6.07) is 37.6. The van der Waals surface area contributed by atoms with Gasteiger partial charge in [0.25, 0.3) is 11.8 Å². The van der Waals surface area contributed by atoms with Crippen LogP contribution in [0.2, 0.25) is 0 Å². The zero-order chi connectivity index (χ0) is 48.1. The fourth-order valence-corrected chi connectivity index (χ4v) is 9.69. The Labute approximate surface area is 395 Å². The normalized spacial score (nSPS) is 15.4. The molecule has 1 aliphatic carbocycles. The van der Waals surface area contributed by atoms with Crippen molar-refractivity contribution in [1.82, 2.24) is 10.6 Å². The van der Waals surface area contributed by atoms with Crippen molar-refractivity contribution in [1.29, 1.82) is 0 Å². The number of anilines is 3. The van der Waals surface area contributed by atoms with Crippen LogP contribution in [0.1, 0.15) is 117 Å². The molecule has 1 aliphatic heterocycles. The van der Waals surface area contributed by atoms with Gasteiger partial charge in [0.2, 0.25) is 11.8 Å². The Balaban J connectivity index is 0.839. The molecule has 0 radical (unpaired) electrons. The number of amides is 4. The number of methoxy groups -OCH3 is 1. The van der Waals surface area contributed by atoms with E-state index in [2.05, 4.69) is 39.5 Å². The number of rotatable bonds is 15. The predicted molar refractivity (Wildman–Crippen MR) is 260 cm³/mol. The first kappa shape index (κ1) is 46.6. The Morgan fingerprint density at radius 1 is 0.765 bits per heavy atom. The van der Waals surface area contributed by atoms with Crippen molar-refractivity contribution in [2.45, 2.75) is 70.6 Å². The first-order valence-corrected chi connectivity index (χ1v) is 22.7. The van der Waals surface area contributed by atoms with Crippen LogP contribution in [0.4, 0.5) is 17.1 Å². The number of phenolic OH excluding ortho intramolecular Hbond substituents is 2. The van der Waals surface area contributed by atoms with Gasteiger partial charge in [0.1, 0.15) is 23.4 Å². The van der Waals surface area contributed by atoms with Crippen LogP contribution >= 0.6 is 0 Å². The lowest BCUT2D eigenvalue weighted by Crippen LogP contribution is -2.43. The van der Waals surface area contributed by atoms with Gasteiger partial charge in [0.05, 0.1) is 11.7 Å². The van der Waals surface area contributed by atoms with E-state index in [0.717, 1.165) is 56.7 Å². The zero-order valence-corrected chi connectivity index (χ0v) is 38.4. The van der Waals surface area contributed by atoms with Gasteiger partial charge < -0.3 is 41.1 Å². The molecule has 6 N–H and O–H groups in total. The Morgan fingerprint density at radius 2 is 1.40 bits per heavy atom. The summed E-state index contributed by atoms with van der Waals surface area (Å²) in [5.41, 5.74) is 8.32. The molecule has 6 aromatic carbocycles. The van der Waals surface area contributed by atoms with Gasteiger partial charge in [-0.2, -0.15) is 0 Å². The molecule has 13 heteroatoms. The van der Waals surface area contributed by atoms with Crippen LogP contribution in [-0.2, 0) is 26.3 Å². The van der Waals surface area contributed by atoms with E-state index in [4.69, 9.17) is 4.74 Å². The molecule has 2 aliphatic rings. The molecule has 0 bridgehead atoms. The van der Waals surface area contributed by atoms with Crippen molar-refractivity contribution in [2.24, 2.45) is 0 Å². The van der Waals surface area contributed by atoms with Gasteiger partial charge in [0, 0.05) is 73.7 Å². The number of nitrogens with one attached hydrogen (secondary N) is 4. The van der Waals surface area contributed by atoms with Crippen molar-refractivity contribution >= 4 is 47.0 Å². The number of benzene rings is 5. The summed E-state index contributed by atoms with van der Waals surface area (Å²) in [7, 11) is 1.55. The Bertz CT molecular complexity index is 2860. The molecule has 0 unspecified atom stereocenters. The first-order valence-electron chi connectivity index (χ1n) is 22.7. The molecule has 1 heterocycles. The quantitative estimate of drug-likeness (QED) is 0.0434. The maximum atomic E-state index is 13.3. The van der Waals surface area contributed by atoms with E-state index in [1.807, 2.05) is 42.2 Å². The van der Waals surface area contributed by atoms with Crippen LogP contribution in [0.5, 0.6) is 11.5 Å². The van der Waals surface area contributed by atoms with E-state index in [0.29, 0.717) is 67.4 Å². The van der Waals surface area contributed by atoms with Crippen molar-refractivity contribution in [2.75, 3.05) is 35.7 Å². The average molecular weight is 912 g/mol. The number of phenols is 2. The lowest BCUT2D eigenvalue weighted by atomic mass is 9.70. The maximum Gasteiger partial charge on any atom is 0.251 e. The fourth-order valence-electron chi connectivity index (χ4n) is 9.69. The third-order valence-corrected chi connectivity index (χ3v) is 12.8. The number of fused-ring (bicyclic) bond motifs is 3. The number of aldehydes is 1. The van der Waals surface area contributed by atoms with Gasteiger partial charge >= 0.3 is 0 Å². The van der Waals surface area contributed by atoms with E-state index < -0.39 is 5.60 Å². The largest absolute Gasteiger partial charge is 0.508 e. The number of hydrogen-bond acceptors (Lipinski definition) is 9. The van der Waals surface area contributed by atoms with Crippen molar-refractivity contribution in [3.05, 3.63) is 171 Å². The van der Waals surface area contributed by atoms with Crippen molar-refractivity contribution in [3.63, 3.8) is 0 Å². The first-order chi connectivity index (χ1) is 32.8. The van der Waals surface area contributed by atoms with E-state index in [9.17, 15) is 34.2 Å². The second kappa shape index (κ2) is 19.9. The van der Waals surface area contributed by atoms with Gasteiger partial charge in [-0.25, -0.2) is 0 Å². The third kappa shape index (κ3) is 9.50. The molecule has 8 rings (SSSR count). The van der Waals surface area contributed by atoms with Crippen molar-refractivity contribution < 1.29 is 38.9 Å². The molecular weight excluding hydrogens is 859 g/mol. The molecule has 0 saturated carbocycles. The molecule has 0 spiro atoms. The Hall–Kier alpha value is -7.95. The van der Waals surface area contributed by atoms with E-state index in [1.54, 1.807) is 86.8 Å². The minimum absolute atomic E-state index is 0.0420. The highest BCUT2D eigenvalue weighted by Crippen LogP contribution is 2.49. The molecule has 0 saturated heterocycles. The molecule has 0 fully saturated rings. The minimum Gasteiger partial charge on any atom is -0.508 e. The van der Waals surface area contributed by atoms with Crippen LogP contribution in [-0.4, -0.2) is 66.4 Å². The highest BCUT2D eigenvalue weighted by atomic mass is 16.5. The number of nitrogens with zero attached hydrogens (tertiary/aromatic N) is 1. The zero-order valence-electron chi connectivity index (χ0n) is 38.4. The van der Waals surface area contributed by atoms with E-state index >= 15 is 0 Å². The average Bonchev–Trinajstić information content (AvgIpc) is 3.32. The summed E-state index contributed by atoms with van der Waals surface area (Å²) in [6.45, 7) is 5.90. The summed E-state index contributed by atoms with van der Waals surface area (Å²) >= 11 is 0. The second-order valence-corrected chi connectivity index (χ2v) is 17.4. The minimum atomic E-state index is -1.24. The van der Waals surface area contributed by atoms with Crippen LogP contribution < -0.4 is 26.2 Å². The summed E-state index contributed by atoms with van der Waals surface area (Å²) in [4.78, 5) is 65.3. The highest BCUT2D eigenvalue weighted by Gasteiger charge is 2.44. The van der Waals surface area contributed by atoms with Gasteiger partial charge in [-0.05, 0) is 169 Å². The van der Waals surface area contributed by atoms with Crippen LogP contribution in [0.25, 0.3) is 11.1 Å². The summed E-state index contributed by atoms with van der Waals surface area (Å²) in [5.74, 6) is -0.592. The molecule has 346 valence electrons. The summed E-state index contributed by atoms with van der Waals surface area (Å²) in [6.07, 6.45) is 3.94. The molecule has 4 amide bonds. The molecule has 6 aromatic rings. The highest BCUT2D eigenvalue weighted by molar-refractivity contribution is 5.97. The second-order valence-electron chi connectivity index (χ2n) is 17.4. The molecule has 2 atom stereocenters. The predicted octanol–water partition coefficient (Wildman–Crippen LogP) is 8.61. The van der Waals surface area contributed by atoms with Crippen LogP contribution in [0.15, 0.2) is 109 Å². The van der Waals surface area contributed by atoms with Gasteiger partial charge in [0.15, 0.2) is 0 Å². The Morgan fingerprint density at radius 3 is 2.01 bits per heavy atom. The van der Waals surface area contributed by atoms with Gasteiger partial charge in [-0.3, -0.25) is 24.0 Å². The number of carbonyl (C=O) groups is 5. The number of carbonyl (C=O) groups excluding carboxylic acids is 5. The smallest absolute Gasteiger partial charge is 0.251 e. The van der Waals surface area contributed by atoms with Gasteiger partial charge in [-0.1, -0.05) is 30.3 Å². The van der Waals surface area contributed by atoms with Crippen molar-refractivity contribution in [3.8, 4) is 22.6 Å². The number of hydrogen-bond donors (Lipinski definition) is 6. The fraction of sp³-hybridized carbons (Fsp3) is 0.255. The molecule has 0 aromatic heterocycles. The molecular formula is C55H53N5O8. The summed E-state index contributed by atoms with van der Waals surface area (Å²) < 4.78 is 6.30. The van der Waals surface area contributed by atoms with E-state index in [1.165, 1.54) is 6.92 Å².